The molecule has 1 aliphatic heterocycles. The molecule has 0 spiro atoms. The maximum absolute atomic E-state index is 12.3. The smallest absolute Gasteiger partial charge is 0.217 e. The van der Waals surface area contributed by atoms with Crippen LogP contribution in [0, 0.1) is 6.92 Å². The second-order valence-corrected chi connectivity index (χ2v) is 10.9. The van der Waals surface area contributed by atoms with Crippen molar-refractivity contribution in [3.8, 4) is 5.88 Å². The van der Waals surface area contributed by atoms with E-state index in [4.69, 9.17) is 9.47 Å². The largest absolute Gasteiger partial charge is 0.478 e. The lowest BCUT2D eigenvalue weighted by atomic mass is 9.81. The minimum atomic E-state index is -3.16. The number of hydrogen-bond donors (Lipinski definition) is 2. The summed E-state index contributed by atoms with van der Waals surface area (Å²) >= 11 is 0. The first-order chi connectivity index (χ1) is 14.5. The summed E-state index contributed by atoms with van der Waals surface area (Å²) in [6.45, 7) is 6.15. The topological polar surface area (TPSA) is 89.6 Å². The van der Waals surface area contributed by atoms with Gasteiger partial charge in [0.1, 0.15) is 0 Å². The molecule has 0 amide bonds. The van der Waals surface area contributed by atoms with Crippen molar-refractivity contribution in [1.82, 2.24) is 15.0 Å². The Morgan fingerprint density at radius 3 is 2.63 bits per heavy atom. The molecule has 1 aromatic rings. The molecule has 3 aliphatic rings. The lowest BCUT2D eigenvalue weighted by molar-refractivity contribution is 0.0124. The minimum absolute atomic E-state index is 0.0567. The Balaban J connectivity index is 1.27. The van der Waals surface area contributed by atoms with Gasteiger partial charge in [0, 0.05) is 23.8 Å². The normalized spacial score (nSPS) is 29.8. The number of nitrogens with zero attached hydrogens (tertiary/aromatic N) is 1. The molecule has 0 radical (unpaired) electrons. The highest BCUT2D eigenvalue weighted by Crippen LogP contribution is 2.39. The fraction of sp³-hybridized carbons (Fsp3) is 0.773. The number of nitrogens with one attached hydrogen (secondary N) is 2. The van der Waals surface area contributed by atoms with Crippen LogP contribution in [0.25, 0.3) is 0 Å². The highest BCUT2D eigenvalue weighted by Gasteiger charge is 2.40. The molecule has 2 N–H and O–H groups in total. The Morgan fingerprint density at radius 1 is 1.17 bits per heavy atom. The molecular weight excluding hydrogens is 402 g/mol. The van der Waals surface area contributed by atoms with E-state index in [1.54, 1.807) is 0 Å². The molecule has 3 fully saturated rings. The zero-order valence-electron chi connectivity index (χ0n) is 18.1. The molecule has 2 heterocycles. The van der Waals surface area contributed by atoms with Gasteiger partial charge in [-0.05, 0) is 82.9 Å². The summed E-state index contributed by atoms with van der Waals surface area (Å²) in [6.07, 6.45) is 8.61. The summed E-state index contributed by atoms with van der Waals surface area (Å²) in [7, 11) is -3.16. The van der Waals surface area contributed by atoms with E-state index in [2.05, 4.69) is 28.0 Å². The summed E-state index contributed by atoms with van der Waals surface area (Å²) in [5.74, 6) is 1.24. The standard InChI is InChI=1S/C22H35N3O4S/c1-3-28-22-21(15(2)10-12-24-22)16-4-6-17(7-5-16)29-14-20-19(11-13-23-20)25-30(26,27)18-8-9-18/h10,12,16-20,23,25H,3-9,11,13-14H2,1-2H3/t16-,17+,19-,20-/m0/s1. The molecule has 2 saturated carbocycles. The van der Waals surface area contributed by atoms with Gasteiger partial charge in [0.05, 0.1) is 24.6 Å². The number of pyridine rings is 1. The zero-order chi connectivity index (χ0) is 21.1. The summed E-state index contributed by atoms with van der Waals surface area (Å²) in [6, 6.07) is 2.06. The molecule has 4 rings (SSSR count). The quantitative estimate of drug-likeness (QED) is 0.617. The number of sulfonamides is 1. The van der Waals surface area contributed by atoms with Crippen LogP contribution in [-0.2, 0) is 14.8 Å². The van der Waals surface area contributed by atoms with Gasteiger partial charge in [-0.3, -0.25) is 0 Å². The second kappa shape index (κ2) is 9.51. The van der Waals surface area contributed by atoms with Crippen LogP contribution >= 0.6 is 0 Å². The van der Waals surface area contributed by atoms with Crippen LogP contribution in [0.1, 0.15) is 68.9 Å². The van der Waals surface area contributed by atoms with Crippen molar-refractivity contribution in [2.75, 3.05) is 19.8 Å². The summed E-state index contributed by atoms with van der Waals surface area (Å²) in [4.78, 5) is 4.45. The van der Waals surface area contributed by atoms with Gasteiger partial charge in [-0.25, -0.2) is 18.1 Å². The Kier molecular flexibility index (Phi) is 6.97. The number of hydrogen-bond acceptors (Lipinski definition) is 6. The van der Waals surface area contributed by atoms with Gasteiger partial charge in [0.2, 0.25) is 15.9 Å². The van der Waals surface area contributed by atoms with Crippen LogP contribution in [-0.4, -0.2) is 56.6 Å². The van der Waals surface area contributed by atoms with Crippen LogP contribution < -0.4 is 14.8 Å². The van der Waals surface area contributed by atoms with E-state index < -0.39 is 10.0 Å². The minimum Gasteiger partial charge on any atom is -0.478 e. The van der Waals surface area contributed by atoms with E-state index in [1.807, 2.05) is 13.1 Å². The van der Waals surface area contributed by atoms with Crippen LogP contribution in [0.5, 0.6) is 5.88 Å². The second-order valence-electron chi connectivity index (χ2n) is 8.90. The SMILES string of the molecule is CCOc1nccc(C)c1[C@H]1CC[C@@H](OC[C@@H]2NCC[C@@H]2NS(=O)(=O)C2CC2)CC1. The van der Waals surface area contributed by atoms with Crippen molar-refractivity contribution in [1.29, 1.82) is 0 Å². The van der Waals surface area contributed by atoms with Gasteiger partial charge in [-0.15, -0.1) is 0 Å². The average molecular weight is 438 g/mol. The zero-order valence-corrected chi connectivity index (χ0v) is 18.9. The van der Waals surface area contributed by atoms with Crippen molar-refractivity contribution in [3.63, 3.8) is 0 Å². The lowest BCUT2D eigenvalue weighted by Crippen LogP contribution is -2.47. The first kappa shape index (κ1) is 22.0. The van der Waals surface area contributed by atoms with E-state index in [-0.39, 0.29) is 23.4 Å². The molecule has 2 aliphatic carbocycles. The van der Waals surface area contributed by atoms with Gasteiger partial charge >= 0.3 is 0 Å². The monoisotopic (exact) mass is 437 g/mol. The van der Waals surface area contributed by atoms with E-state index in [0.29, 0.717) is 19.1 Å². The molecule has 0 bridgehead atoms. The molecule has 1 aromatic heterocycles. The molecule has 7 nitrogen and oxygen atoms in total. The molecule has 30 heavy (non-hydrogen) atoms. The Morgan fingerprint density at radius 2 is 1.93 bits per heavy atom. The molecule has 168 valence electrons. The average Bonchev–Trinajstić information content (AvgIpc) is 3.50. The van der Waals surface area contributed by atoms with Gasteiger partial charge in [0.25, 0.3) is 0 Å². The van der Waals surface area contributed by atoms with Gasteiger partial charge in [-0.2, -0.15) is 0 Å². The van der Waals surface area contributed by atoms with E-state index in [9.17, 15) is 8.42 Å². The van der Waals surface area contributed by atoms with Gasteiger partial charge in [-0.1, -0.05) is 0 Å². The number of aromatic nitrogens is 1. The lowest BCUT2D eigenvalue weighted by Gasteiger charge is -2.31. The Bertz CT molecular complexity index is 820. The highest BCUT2D eigenvalue weighted by molar-refractivity contribution is 7.90. The predicted molar refractivity (Wildman–Crippen MR) is 116 cm³/mol. The number of rotatable bonds is 9. The first-order valence-corrected chi connectivity index (χ1v) is 13.0. The predicted octanol–water partition coefficient (Wildman–Crippen LogP) is 2.64. The number of aryl methyl sites for hydroxylation is 1. The van der Waals surface area contributed by atoms with Crippen LogP contribution in [0.4, 0.5) is 0 Å². The van der Waals surface area contributed by atoms with Gasteiger partial charge < -0.3 is 14.8 Å². The first-order valence-electron chi connectivity index (χ1n) is 11.4. The van der Waals surface area contributed by atoms with Crippen LogP contribution in [0.2, 0.25) is 0 Å². The van der Waals surface area contributed by atoms with Gasteiger partial charge in [0.15, 0.2) is 0 Å². The molecule has 8 heteroatoms. The molecule has 2 atom stereocenters. The fourth-order valence-electron chi connectivity index (χ4n) is 4.82. The molecular formula is C22H35N3O4S. The van der Waals surface area contributed by atoms with E-state index in [0.717, 1.165) is 57.4 Å². The summed E-state index contributed by atoms with van der Waals surface area (Å²) in [5, 5.41) is 3.24. The van der Waals surface area contributed by atoms with Crippen molar-refractivity contribution in [2.45, 2.75) is 88.1 Å². The maximum atomic E-state index is 12.3. The number of ether oxygens (including phenoxy) is 2. The van der Waals surface area contributed by atoms with Crippen LogP contribution in [0.3, 0.4) is 0 Å². The van der Waals surface area contributed by atoms with E-state index in [1.165, 1.54) is 11.1 Å². The van der Waals surface area contributed by atoms with Crippen molar-refractivity contribution < 1.29 is 17.9 Å². The Hall–Kier alpha value is -1.22. The summed E-state index contributed by atoms with van der Waals surface area (Å²) in [5.41, 5.74) is 2.50. The van der Waals surface area contributed by atoms with Crippen LogP contribution in [0.15, 0.2) is 12.3 Å². The molecule has 0 aromatic carbocycles. The maximum Gasteiger partial charge on any atom is 0.217 e. The summed E-state index contributed by atoms with van der Waals surface area (Å²) < 4.78 is 39.5. The highest BCUT2D eigenvalue weighted by atomic mass is 32.2. The van der Waals surface area contributed by atoms with Crippen molar-refractivity contribution >= 4 is 10.0 Å². The third-order valence-corrected chi connectivity index (χ3v) is 8.65. The Labute approximate surface area is 180 Å². The molecule has 0 unspecified atom stereocenters. The van der Waals surface area contributed by atoms with Crippen molar-refractivity contribution in [3.05, 3.63) is 23.4 Å². The molecule has 1 saturated heterocycles. The third-order valence-electron chi connectivity index (χ3n) is 6.67. The third kappa shape index (κ3) is 5.15. The van der Waals surface area contributed by atoms with E-state index >= 15 is 0 Å². The van der Waals surface area contributed by atoms with Crippen molar-refractivity contribution in [2.24, 2.45) is 0 Å². The fourth-order valence-corrected chi connectivity index (χ4v) is 6.47.